The number of phenols is 1. The van der Waals surface area contributed by atoms with Crippen LogP contribution in [0.3, 0.4) is 0 Å². The summed E-state index contributed by atoms with van der Waals surface area (Å²) in [6.45, 7) is 5.51. The lowest BCUT2D eigenvalue weighted by Gasteiger charge is -2.18. The molecule has 0 radical (unpaired) electrons. The van der Waals surface area contributed by atoms with Gasteiger partial charge in [0.25, 0.3) is 0 Å². The topological polar surface area (TPSA) is 103 Å². The molecule has 0 unspecified atom stereocenters. The molecule has 0 spiro atoms. The van der Waals surface area contributed by atoms with E-state index in [1.165, 1.54) is 30.3 Å². The van der Waals surface area contributed by atoms with E-state index in [1.807, 2.05) is 6.92 Å². The minimum Gasteiger partial charge on any atom is -0.507 e. The predicted molar refractivity (Wildman–Crippen MR) is 217 cm³/mol. The van der Waals surface area contributed by atoms with Crippen LogP contribution in [0.1, 0.15) is 55.7 Å². The van der Waals surface area contributed by atoms with Gasteiger partial charge in [-0.2, -0.15) is 26.3 Å². The normalized spacial score (nSPS) is 11.5. The minimum atomic E-state index is -4.56. The highest BCUT2D eigenvalue weighted by atomic mass is 19.4. The number of aromatic nitrogens is 2. The fraction of sp³-hybridized carbons (Fsp3) is 0.149. The third-order valence-corrected chi connectivity index (χ3v) is 9.61. The van der Waals surface area contributed by atoms with Crippen molar-refractivity contribution in [1.29, 1.82) is 0 Å². The summed E-state index contributed by atoms with van der Waals surface area (Å²) in [7, 11) is 0. The SMILES string of the molecule is CCOC(=O)c1cccc(-n2c(C)ccc2-c2cc(C(F)(F)F)ccc2OCc2ccc(F)cc2)c1.Cc1ccc(-c2cc(C(F)(F)F)ccc2O)n1-c1cccc(C(=O)O)c1. The van der Waals surface area contributed by atoms with E-state index in [2.05, 4.69) is 0 Å². The van der Waals surface area contributed by atoms with Gasteiger partial charge < -0.3 is 28.8 Å². The maximum absolute atomic E-state index is 13.6. The summed E-state index contributed by atoms with van der Waals surface area (Å²) in [6.07, 6.45) is -9.10. The third kappa shape index (κ3) is 10.0. The number of halogens is 7. The van der Waals surface area contributed by atoms with E-state index < -0.39 is 41.2 Å². The summed E-state index contributed by atoms with van der Waals surface area (Å²) in [6, 6.07) is 31.1. The lowest BCUT2D eigenvalue weighted by atomic mass is 10.1. The second-order valence-electron chi connectivity index (χ2n) is 13.9. The van der Waals surface area contributed by atoms with Gasteiger partial charge in [-0.15, -0.1) is 0 Å². The number of rotatable bonds is 10. The number of carboxylic acid groups (broad SMARTS) is 1. The molecule has 0 aliphatic rings. The van der Waals surface area contributed by atoms with Gasteiger partial charge in [-0.3, -0.25) is 0 Å². The lowest BCUT2D eigenvalue weighted by Crippen LogP contribution is -2.08. The Bertz CT molecular complexity index is 2730. The highest BCUT2D eigenvalue weighted by molar-refractivity contribution is 5.90. The van der Waals surface area contributed by atoms with Crippen LogP contribution in [0, 0.1) is 19.7 Å². The Hall–Kier alpha value is -7.29. The summed E-state index contributed by atoms with van der Waals surface area (Å²) < 4.78 is 108. The van der Waals surface area contributed by atoms with Gasteiger partial charge in [0.2, 0.25) is 0 Å². The molecule has 0 fully saturated rings. The number of aromatic hydroxyl groups is 1. The maximum Gasteiger partial charge on any atom is 0.416 e. The summed E-state index contributed by atoms with van der Waals surface area (Å²) in [5.41, 5.74) is 2.83. The van der Waals surface area contributed by atoms with Crippen molar-refractivity contribution in [3.8, 4) is 45.4 Å². The van der Waals surface area contributed by atoms with Gasteiger partial charge in [0.05, 0.1) is 40.2 Å². The van der Waals surface area contributed by atoms with Gasteiger partial charge in [-0.25, -0.2) is 14.0 Å². The highest BCUT2D eigenvalue weighted by Gasteiger charge is 2.33. The van der Waals surface area contributed by atoms with Gasteiger partial charge in [0.1, 0.15) is 23.9 Å². The number of alkyl halides is 6. The molecule has 0 amide bonds. The minimum absolute atomic E-state index is 0.00801. The number of aryl methyl sites for hydroxylation is 2. The molecule has 8 nitrogen and oxygen atoms in total. The van der Waals surface area contributed by atoms with E-state index in [0.717, 1.165) is 36.0 Å². The number of benzene rings is 5. The van der Waals surface area contributed by atoms with Crippen molar-refractivity contribution in [3.63, 3.8) is 0 Å². The average molecular weight is 859 g/mol. The van der Waals surface area contributed by atoms with Crippen molar-refractivity contribution in [2.75, 3.05) is 6.61 Å². The van der Waals surface area contributed by atoms with Crippen LogP contribution in [0.2, 0.25) is 0 Å². The quantitative estimate of drug-likeness (QED) is 0.105. The van der Waals surface area contributed by atoms with Crippen molar-refractivity contribution in [3.05, 3.63) is 178 Å². The first kappa shape index (κ1) is 44.3. The van der Waals surface area contributed by atoms with E-state index in [1.54, 1.807) is 95.8 Å². The number of esters is 1. The Balaban J connectivity index is 0.000000218. The number of nitrogens with zero attached hydrogens (tertiary/aromatic N) is 2. The molecule has 5 aromatic carbocycles. The monoisotopic (exact) mass is 858 g/mol. The van der Waals surface area contributed by atoms with Gasteiger partial charge in [-0.1, -0.05) is 24.3 Å². The smallest absolute Gasteiger partial charge is 0.416 e. The van der Waals surface area contributed by atoms with Gasteiger partial charge in [-0.05, 0) is 136 Å². The zero-order valence-corrected chi connectivity index (χ0v) is 33.2. The van der Waals surface area contributed by atoms with Crippen LogP contribution >= 0.6 is 0 Å². The molecule has 0 bridgehead atoms. The standard InChI is InChI=1S/C28H23F4NO3.C19H14F3NO3/c1-3-35-27(34)20-5-4-6-23(15-20)33-18(2)7-13-25(33)24-16-21(28(30,31)32)10-14-26(24)36-17-19-8-11-22(29)12-9-19;1-11-5-7-16(15-10-13(19(20,21)22)6-8-17(15)24)23(11)14-4-2-3-12(9-14)18(25)26/h4-16H,3,17H2,1-2H3;2-10,24H,1H3,(H,25,26). The first-order chi connectivity index (χ1) is 29.3. The zero-order chi connectivity index (χ0) is 44.9. The largest absolute Gasteiger partial charge is 0.507 e. The maximum atomic E-state index is 13.6. The third-order valence-electron chi connectivity index (χ3n) is 9.61. The van der Waals surface area contributed by atoms with Gasteiger partial charge in [0.15, 0.2) is 0 Å². The van der Waals surface area contributed by atoms with Crippen LogP contribution in [0.25, 0.3) is 33.9 Å². The Morgan fingerprint density at radius 3 is 1.69 bits per heavy atom. The van der Waals surface area contributed by atoms with Crippen molar-refractivity contribution in [2.24, 2.45) is 0 Å². The second kappa shape index (κ2) is 18.1. The molecule has 2 aromatic heterocycles. The molecule has 0 aliphatic heterocycles. The molecular weight excluding hydrogens is 822 g/mol. The number of carbonyl (C=O) groups is 2. The molecule has 7 aromatic rings. The second-order valence-corrected chi connectivity index (χ2v) is 13.9. The average Bonchev–Trinajstić information content (AvgIpc) is 3.82. The number of hydrogen-bond donors (Lipinski definition) is 2. The Morgan fingerprint density at radius 1 is 0.629 bits per heavy atom. The van der Waals surface area contributed by atoms with Crippen LogP contribution in [0.5, 0.6) is 11.5 Å². The van der Waals surface area contributed by atoms with Crippen LogP contribution in [0.4, 0.5) is 30.7 Å². The molecule has 0 saturated carbocycles. The summed E-state index contributed by atoms with van der Waals surface area (Å²) >= 11 is 0. The van der Waals surface area contributed by atoms with Crippen LogP contribution in [-0.4, -0.2) is 37.9 Å². The van der Waals surface area contributed by atoms with E-state index >= 15 is 0 Å². The van der Waals surface area contributed by atoms with Crippen molar-refractivity contribution >= 4 is 11.9 Å². The first-order valence-electron chi connectivity index (χ1n) is 18.8. The molecule has 15 heteroatoms. The molecule has 7 rings (SSSR count). The molecule has 320 valence electrons. The van der Waals surface area contributed by atoms with Gasteiger partial charge >= 0.3 is 24.3 Å². The number of phenolic OH excluding ortho intramolecular Hbond substituents is 1. The molecule has 0 saturated heterocycles. The number of ether oxygens (including phenoxy) is 2. The summed E-state index contributed by atoms with van der Waals surface area (Å²) in [5.74, 6) is -2.07. The summed E-state index contributed by atoms with van der Waals surface area (Å²) in [4.78, 5) is 23.5. The van der Waals surface area contributed by atoms with Crippen LogP contribution in [-0.2, 0) is 23.7 Å². The molecule has 0 aliphatic carbocycles. The Kier molecular flexibility index (Phi) is 12.9. The first-order valence-corrected chi connectivity index (χ1v) is 18.8. The van der Waals surface area contributed by atoms with Crippen molar-refractivity contribution < 1.29 is 60.0 Å². The lowest BCUT2D eigenvalue weighted by molar-refractivity contribution is -0.138. The van der Waals surface area contributed by atoms with Crippen molar-refractivity contribution in [1.82, 2.24) is 9.13 Å². The van der Waals surface area contributed by atoms with E-state index in [9.17, 15) is 45.4 Å². The summed E-state index contributed by atoms with van der Waals surface area (Å²) in [5, 5.41) is 19.3. The van der Waals surface area contributed by atoms with Crippen LogP contribution < -0.4 is 4.74 Å². The zero-order valence-electron chi connectivity index (χ0n) is 33.2. The Morgan fingerprint density at radius 2 is 1.15 bits per heavy atom. The molecule has 62 heavy (non-hydrogen) atoms. The predicted octanol–water partition coefficient (Wildman–Crippen LogP) is 12.2. The van der Waals surface area contributed by atoms with E-state index in [0.29, 0.717) is 39.6 Å². The van der Waals surface area contributed by atoms with Crippen molar-refractivity contribution in [2.45, 2.75) is 39.7 Å². The van der Waals surface area contributed by atoms with E-state index in [-0.39, 0.29) is 41.4 Å². The molecule has 2 heterocycles. The number of hydrogen-bond acceptors (Lipinski definition) is 5. The molecule has 0 atom stereocenters. The van der Waals surface area contributed by atoms with Gasteiger partial charge in [0, 0.05) is 33.9 Å². The molecular formula is C47H37F7N2O6. The fourth-order valence-corrected chi connectivity index (χ4v) is 6.64. The number of aromatic carboxylic acids is 1. The molecule has 2 N–H and O–H groups in total. The highest BCUT2D eigenvalue weighted by Crippen LogP contribution is 2.40. The number of carboxylic acids is 1. The fourth-order valence-electron chi connectivity index (χ4n) is 6.64. The number of carbonyl (C=O) groups excluding carboxylic acids is 1. The van der Waals surface area contributed by atoms with Crippen LogP contribution in [0.15, 0.2) is 133 Å². The Labute approximate surface area is 350 Å². The van der Waals surface area contributed by atoms with E-state index in [4.69, 9.17) is 14.6 Å².